The van der Waals surface area contributed by atoms with Crippen molar-refractivity contribution in [1.82, 2.24) is 5.16 Å². The summed E-state index contributed by atoms with van der Waals surface area (Å²) < 4.78 is 5.43. The molecular weight excluding hydrogens is 286 g/mol. The minimum absolute atomic E-state index is 0.0748. The lowest BCUT2D eigenvalue weighted by molar-refractivity contribution is -0.0704. The molecule has 3 fully saturated rings. The number of nitrogens with zero attached hydrogens (tertiary/aromatic N) is 1. The molecular formula is C20H27NO2. The van der Waals surface area contributed by atoms with Gasteiger partial charge in [-0.15, -0.1) is 0 Å². The van der Waals surface area contributed by atoms with Gasteiger partial charge in [0.1, 0.15) is 0 Å². The van der Waals surface area contributed by atoms with Crippen LogP contribution in [0.25, 0.3) is 6.08 Å². The lowest BCUT2D eigenvalue weighted by atomic mass is 9.47. The Morgan fingerprint density at radius 2 is 2.04 bits per heavy atom. The van der Waals surface area contributed by atoms with Crippen LogP contribution in [0.15, 0.2) is 16.3 Å². The highest BCUT2D eigenvalue weighted by Gasteiger charge is 2.58. The van der Waals surface area contributed by atoms with E-state index in [1.807, 2.05) is 6.20 Å². The maximum atomic E-state index is 10.5. The van der Waals surface area contributed by atoms with Crippen molar-refractivity contribution in [2.45, 2.75) is 64.9 Å². The third-order valence-corrected chi connectivity index (χ3v) is 8.23. The van der Waals surface area contributed by atoms with Crippen LogP contribution in [0.2, 0.25) is 0 Å². The average molecular weight is 313 g/mol. The summed E-state index contributed by atoms with van der Waals surface area (Å²) in [5.74, 6) is 3.26. The molecule has 0 aromatic carbocycles. The fraction of sp³-hybridized carbons (Fsp3) is 0.750. The molecule has 1 N–H and O–H groups in total. The van der Waals surface area contributed by atoms with E-state index in [-0.39, 0.29) is 16.9 Å². The summed E-state index contributed by atoms with van der Waals surface area (Å²) in [6.07, 6.45) is 12.4. The van der Waals surface area contributed by atoms with E-state index in [1.54, 1.807) is 5.57 Å². The van der Waals surface area contributed by atoms with E-state index in [1.165, 1.54) is 37.7 Å². The van der Waals surface area contributed by atoms with Gasteiger partial charge in [-0.3, -0.25) is 0 Å². The highest BCUT2D eigenvalue weighted by atomic mass is 16.5. The molecule has 124 valence electrons. The predicted molar refractivity (Wildman–Crippen MR) is 88.6 cm³/mol. The lowest BCUT2D eigenvalue weighted by Gasteiger charge is -2.57. The Hall–Kier alpha value is -1.09. The zero-order valence-corrected chi connectivity index (χ0v) is 14.2. The van der Waals surface area contributed by atoms with Gasteiger partial charge in [-0.05, 0) is 79.6 Å². The SMILES string of the molecule is C[C@]12Cc3cnoc3C=C1CCC1C2CC[C@@]2(C)C1CC[C@@H]2O. The molecule has 4 aliphatic carbocycles. The topological polar surface area (TPSA) is 46.3 Å². The predicted octanol–water partition coefficient (Wildman–Crippen LogP) is 4.22. The number of hydrogen-bond donors (Lipinski definition) is 1. The van der Waals surface area contributed by atoms with Crippen LogP contribution in [0, 0.1) is 28.6 Å². The molecule has 0 saturated heterocycles. The molecule has 1 heterocycles. The highest BCUT2D eigenvalue weighted by Crippen LogP contribution is 2.65. The molecule has 3 heteroatoms. The summed E-state index contributed by atoms with van der Waals surface area (Å²) in [7, 11) is 0. The van der Waals surface area contributed by atoms with Crippen molar-refractivity contribution in [3.8, 4) is 0 Å². The Morgan fingerprint density at radius 1 is 1.17 bits per heavy atom. The van der Waals surface area contributed by atoms with E-state index in [9.17, 15) is 5.11 Å². The van der Waals surface area contributed by atoms with Gasteiger partial charge in [0.05, 0.1) is 12.3 Å². The minimum atomic E-state index is -0.0748. The number of fused-ring (bicyclic) bond motifs is 6. The summed E-state index contributed by atoms with van der Waals surface area (Å²) in [6.45, 7) is 4.85. The van der Waals surface area contributed by atoms with Gasteiger partial charge in [0.25, 0.3) is 0 Å². The van der Waals surface area contributed by atoms with Gasteiger partial charge >= 0.3 is 0 Å². The lowest BCUT2D eigenvalue weighted by Crippen LogP contribution is -2.51. The number of aliphatic hydroxyl groups excluding tert-OH is 1. The standard InChI is InChI=1S/C20H27NO2/c1-19-8-7-16-14(15(19)5-6-18(19)22)4-3-13-9-17-12(11-21-23-17)10-20(13,16)2/h9,11,14-16,18,22H,3-8,10H2,1-2H3/t14?,15?,16?,18-,19-,20-/m0/s1. The fourth-order valence-electron chi connectivity index (χ4n) is 6.86. The van der Waals surface area contributed by atoms with Crippen molar-refractivity contribution in [2.75, 3.05) is 0 Å². The van der Waals surface area contributed by atoms with Crippen molar-refractivity contribution in [1.29, 1.82) is 0 Å². The van der Waals surface area contributed by atoms with Gasteiger partial charge < -0.3 is 9.63 Å². The van der Waals surface area contributed by atoms with Crippen LogP contribution in [0.5, 0.6) is 0 Å². The molecule has 3 saturated carbocycles. The second-order valence-corrected chi connectivity index (χ2v) is 9.03. The largest absolute Gasteiger partial charge is 0.393 e. The Labute approximate surface area is 138 Å². The van der Waals surface area contributed by atoms with Crippen LogP contribution in [0.3, 0.4) is 0 Å². The van der Waals surface area contributed by atoms with E-state index >= 15 is 0 Å². The van der Waals surface area contributed by atoms with Crippen molar-refractivity contribution < 1.29 is 9.63 Å². The Kier molecular flexibility index (Phi) is 2.79. The normalized spacial score (nSPS) is 48.0. The van der Waals surface area contributed by atoms with Gasteiger partial charge in [-0.25, -0.2) is 0 Å². The first-order chi connectivity index (χ1) is 11.0. The zero-order valence-electron chi connectivity index (χ0n) is 14.2. The van der Waals surface area contributed by atoms with Gasteiger partial charge in [0.15, 0.2) is 5.76 Å². The van der Waals surface area contributed by atoms with E-state index in [0.29, 0.717) is 0 Å². The molecule has 3 nitrogen and oxygen atoms in total. The van der Waals surface area contributed by atoms with Crippen molar-refractivity contribution >= 4 is 6.08 Å². The summed E-state index contributed by atoms with van der Waals surface area (Å²) in [5, 5.41) is 14.6. The fourth-order valence-corrected chi connectivity index (χ4v) is 6.86. The molecule has 4 aliphatic rings. The number of aliphatic hydroxyl groups is 1. The Morgan fingerprint density at radius 3 is 2.91 bits per heavy atom. The van der Waals surface area contributed by atoms with Crippen LogP contribution in [-0.2, 0) is 6.42 Å². The molecule has 1 aromatic rings. The van der Waals surface area contributed by atoms with Gasteiger partial charge in [-0.2, -0.15) is 0 Å². The summed E-state index contributed by atoms with van der Waals surface area (Å²) in [5.41, 5.74) is 3.33. The number of rotatable bonds is 0. The second kappa shape index (κ2) is 4.50. The number of allylic oxidation sites excluding steroid dienone is 1. The second-order valence-electron chi connectivity index (χ2n) is 9.03. The quantitative estimate of drug-likeness (QED) is 0.780. The third-order valence-electron chi connectivity index (χ3n) is 8.23. The van der Waals surface area contributed by atoms with Gasteiger partial charge in [0, 0.05) is 5.56 Å². The van der Waals surface area contributed by atoms with Crippen molar-refractivity contribution in [2.24, 2.45) is 28.6 Å². The molecule has 0 bridgehead atoms. The van der Waals surface area contributed by atoms with Crippen LogP contribution >= 0.6 is 0 Å². The average Bonchev–Trinajstić information content (AvgIpc) is 3.08. The number of aromatic nitrogens is 1. The maximum Gasteiger partial charge on any atom is 0.162 e. The van der Waals surface area contributed by atoms with Crippen LogP contribution in [0.4, 0.5) is 0 Å². The van der Waals surface area contributed by atoms with E-state index < -0.39 is 0 Å². The molecule has 0 spiro atoms. The smallest absolute Gasteiger partial charge is 0.162 e. The Bertz CT molecular complexity index is 677. The van der Waals surface area contributed by atoms with Crippen molar-refractivity contribution in [3.63, 3.8) is 0 Å². The Balaban J connectivity index is 1.53. The van der Waals surface area contributed by atoms with Crippen molar-refractivity contribution in [3.05, 3.63) is 23.1 Å². The first-order valence-electron chi connectivity index (χ1n) is 9.35. The molecule has 5 rings (SSSR count). The third kappa shape index (κ3) is 1.72. The highest BCUT2D eigenvalue weighted by molar-refractivity contribution is 5.57. The molecule has 0 amide bonds. The molecule has 6 atom stereocenters. The summed E-state index contributed by atoms with van der Waals surface area (Å²) in [6, 6.07) is 0. The van der Waals surface area contributed by atoms with Crippen LogP contribution in [-0.4, -0.2) is 16.4 Å². The first-order valence-corrected chi connectivity index (χ1v) is 9.35. The molecule has 1 aromatic heterocycles. The first kappa shape index (κ1) is 14.3. The monoisotopic (exact) mass is 313 g/mol. The molecule has 0 aliphatic heterocycles. The van der Waals surface area contributed by atoms with Gasteiger partial charge in [-0.1, -0.05) is 24.6 Å². The van der Waals surface area contributed by atoms with Crippen LogP contribution < -0.4 is 0 Å². The summed E-state index contributed by atoms with van der Waals surface area (Å²) >= 11 is 0. The number of hydrogen-bond acceptors (Lipinski definition) is 3. The summed E-state index contributed by atoms with van der Waals surface area (Å²) in [4.78, 5) is 0. The maximum absolute atomic E-state index is 10.5. The molecule has 3 unspecified atom stereocenters. The van der Waals surface area contributed by atoms with E-state index in [2.05, 4.69) is 25.1 Å². The molecule has 23 heavy (non-hydrogen) atoms. The zero-order chi connectivity index (χ0) is 15.8. The minimum Gasteiger partial charge on any atom is -0.393 e. The van der Waals surface area contributed by atoms with Gasteiger partial charge in [0.2, 0.25) is 0 Å². The van der Waals surface area contributed by atoms with E-state index in [4.69, 9.17) is 4.52 Å². The van der Waals surface area contributed by atoms with E-state index in [0.717, 1.165) is 36.4 Å². The molecule has 0 radical (unpaired) electrons. The van der Waals surface area contributed by atoms with Crippen LogP contribution in [0.1, 0.15) is 63.7 Å².